The molecule has 1 atom stereocenters. The maximum atomic E-state index is 13.0. The van der Waals surface area contributed by atoms with Crippen molar-refractivity contribution in [3.05, 3.63) is 65.2 Å². The molecule has 0 bridgehead atoms. The van der Waals surface area contributed by atoms with Crippen molar-refractivity contribution in [2.75, 3.05) is 20.8 Å². The first kappa shape index (κ1) is 23.8. The lowest BCUT2D eigenvalue weighted by molar-refractivity contribution is -0.140. The molecule has 0 aliphatic carbocycles. The third kappa shape index (κ3) is 5.34. The van der Waals surface area contributed by atoms with Gasteiger partial charge in [0.05, 0.1) is 25.8 Å². The van der Waals surface area contributed by atoms with Gasteiger partial charge < -0.3 is 24.6 Å². The fourth-order valence-electron chi connectivity index (χ4n) is 3.88. The Kier molecular flexibility index (Phi) is 7.71. The molecule has 1 aliphatic rings. The number of methoxy groups -OCH3 is 2. The number of carboxylic acid groups (broad SMARTS) is 1. The van der Waals surface area contributed by atoms with Crippen molar-refractivity contribution >= 4 is 23.4 Å². The zero-order valence-corrected chi connectivity index (χ0v) is 18.6. The van der Waals surface area contributed by atoms with E-state index in [0.717, 1.165) is 0 Å². The van der Waals surface area contributed by atoms with Crippen LogP contribution in [0.3, 0.4) is 0 Å². The Morgan fingerprint density at radius 3 is 2.00 bits per heavy atom. The molecule has 1 amide bonds. The van der Waals surface area contributed by atoms with E-state index in [-0.39, 0.29) is 24.3 Å². The van der Waals surface area contributed by atoms with Crippen molar-refractivity contribution in [2.24, 2.45) is 0 Å². The Bertz CT molecular complexity index is 1040. The number of likely N-dealkylation sites (tertiary alicyclic amines) is 1. The zero-order chi connectivity index (χ0) is 24.0. The van der Waals surface area contributed by atoms with Crippen LogP contribution in [-0.4, -0.2) is 53.5 Å². The Hall–Kier alpha value is -3.81. The van der Waals surface area contributed by atoms with Gasteiger partial charge in [0, 0.05) is 18.5 Å². The minimum absolute atomic E-state index is 0.0147. The molecule has 1 saturated heterocycles. The van der Waals surface area contributed by atoms with Gasteiger partial charge in [-0.3, -0.25) is 14.4 Å². The normalized spacial score (nSPS) is 17.3. The summed E-state index contributed by atoms with van der Waals surface area (Å²) < 4.78 is 10.4. The molecule has 0 aromatic heterocycles. The maximum Gasteiger partial charge on any atom is 0.303 e. The summed E-state index contributed by atoms with van der Waals surface area (Å²) in [6, 6.07) is 12.8. The van der Waals surface area contributed by atoms with Crippen LogP contribution in [0.25, 0.3) is 5.76 Å². The largest absolute Gasteiger partial charge is 0.507 e. The van der Waals surface area contributed by atoms with E-state index in [1.165, 1.54) is 12.0 Å². The van der Waals surface area contributed by atoms with Gasteiger partial charge in [0.15, 0.2) is 0 Å². The summed E-state index contributed by atoms with van der Waals surface area (Å²) in [4.78, 5) is 38.1. The highest BCUT2D eigenvalue weighted by Crippen LogP contribution is 2.40. The minimum atomic E-state index is -0.867. The van der Waals surface area contributed by atoms with Gasteiger partial charge in [-0.15, -0.1) is 0 Å². The standard InChI is InChI=1S/C25H27NO7/c1-32-18-11-7-16(8-12-18)22-21(23(29)17-9-13-19(33-2)14-10-17)24(30)25(31)26(22)15-5-3-4-6-20(27)28/h7-14,22,29H,3-6,15H2,1-2H3,(H,27,28). The summed E-state index contributed by atoms with van der Waals surface area (Å²) in [5.74, 6) is -1.35. The second kappa shape index (κ2) is 10.7. The first-order chi connectivity index (χ1) is 15.9. The van der Waals surface area contributed by atoms with E-state index in [0.29, 0.717) is 41.9 Å². The molecule has 0 spiro atoms. The summed E-state index contributed by atoms with van der Waals surface area (Å²) in [5.41, 5.74) is 1.07. The first-order valence-electron chi connectivity index (χ1n) is 10.7. The Balaban J connectivity index is 1.97. The van der Waals surface area contributed by atoms with E-state index < -0.39 is 23.7 Å². The number of unbranched alkanes of at least 4 members (excludes halogenated alkanes) is 2. The molecule has 0 saturated carbocycles. The van der Waals surface area contributed by atoms with Crippen molar-refractivity contribution in [2.45, 2.75) is 31.7 Å². The van der Waals surface area contributed by atoms with E-state index in [9.17, 15) is 19.5 Å². The molecule has 1 fully saturated rings. The van der Waals surface area contributed by atoms with Crippen molar-refractivity contribution in [3.63, 3.8) is 0 Å². The van der Waals surface area contributed by atoms with Crippen LogP contribution in [0.5, 0.6) is 11.5 Å². The number of amides is 1. The molecule has 3 rings (SSSR count). The zero-order valence-electron chi connectivity index (χ0n) is 18.6. The van der Waals surface area contributed by atoms with E-state index >= 15 is 0 Å². The van der Waals surface area contributed by atoms with E-state index in [2.05, 4.69) is 0 Å². The average Bonchev–Trinajstić information content (AvgIpc) is 3.08. The number of Topliss-reactive ketones (excluding diaryl/α,β-unsaturated/α-hetero) is 1. The lowest BCUT2D eigenvalue weighted by atomic mass is 9.95. The highest BCUT2D eigenvalue weighted by Gasteiger charge is 2.45. The van der Waals surface area contributed by atoms with Gasteiger partial charge in [0.2, 0.25) is 0 Å². The molecule has 1 aliphatic heterocycles. The number of aliphatic carboxylic acids is 1. The highest BCUT2D eigenvalue weighted by molar-refractivity contribution is 6.46. The van der Waals surface area contributed by atoms with E-state index in [1.54, 1.807) is 55.6 Å². The number of carbonyl (C=O) groups is 3. The predicted octanol–water partition coefficient (Wildman–Crippen LogP) is 3.77. The number of nitrogens with zero attached hydrogens (tertiary/aromatic N) is 1. The van der Waals surface area contributed by atoms with Crippen molar-refractivity contribution < 1.29 is 34.1 Å². The third-order valence-electron chi connectivity index (χ3n) is 5.62. The fraction of sp³-hybridized carbons (Fsp3) is 0.320. The monoisotopic (exact) mass is 453 g/mol. The van der Waals surface area contributed by atoms with Crippen molar-refractivity contribution in [1.29, 1.82) is 0 Å². The number of rotatable bonds is 10. The Labute approximate surface area is 192 Å². The predicted molar refractivity (Wildman–Crippen MR) is 121 cm³/mol. The van der Waals surface area contributed by atoms with Crippen LogP contribution in [0.2, 0.25) is 0 Å². The second-order valence-electron chi connectivity index (χ2n) is 7.70. The smallest absolute Gasteiger partial charge is 0.303 e. The number of aliphatic hydroxyl groups excluding tert-OH is 1. The van der Waals surface area contributed by atoms with Crippen molar-refractivity contribution in [1.82, 2.24) is 4.90 Å². The fourth-order valence-corrected chi connectivity index (χ4v) is 3.88. The molecule has 1 heterocycles. The number of hydrogen-bond acceptors (Lipinski definition) is 6. The van der Waals surface area contributed by atoms with Crippen LogP contribution in [-0.2, 0) is 14.4 Å². The van der Waals surface area contributed by atoms with E-state index in [4.69, 9.17) is 14.6 Å². The van der Waals surface area contributed by atoms with Crippen LogP contribution < -0.4 is 9.47 Å². The number of ether oxygens (including phenoxy) is 2. The quantitative estimate of drug-likeness (QED) is 0.244. The number of carbonyl (C=O) groups excluding carboxylic acids is 2. The molecular formula is C25H27NO7. The topological polar surface area (TPSA) is 113 Å². The number of aliphatic hydroxyl groups is 1. The van der Waals surface area contributed by atoms with Crippen molar-refractivity contribution in [3.8, 4) is 11.5 Å². The van der Waals surface area contributed by atoms with Crippen LogP contribution in [0.1, 0.15) is 42.9 Å². The Morgan fingerprint density at radius 2 is 1.45 bits per heavy atom. The maximum absolute atomic E-state index is 13.0. The lowest BCUT2D eigenvalue weighted by Crippen LogP contribution is -2.30. The van der Waals surface area contributed by atoms with Gasteiger partial charge >= 0.3 is 5.97 Å². The SMILES string of the molecule is COc1ccc(C(O)=C2C(=O)C(=O)N(CCCCCC(=O)O)C2c2ccc(OC)cc2)cc1. The molecule has 2 aromatic rings. The van der Waals surface area contributed by atoms with Gasteiger partial charge in [-0.1, -0.05) is 18.6 Å². The number of ketones is 1. The number of carboxylic acids is 1. The second-order valence-corrected chi connectivity index (χ2v) is 7.70. The summed E-state index contributed by atoms with van der Waals surface area (Å²) in [6.07, 6.45) is 1.68. The average molecular weight is 453 g/mol. The van der Waals surface area contributed by atoms with Crippen LogP contribution in [0.15, 0.2) is 54.1 Å². The molecular weight excluding hydrogens is 426 g/mol. The number of benzene rings is 2. The molecule has 33 heavy (non-hydrogen) atoms. The van der Waals surface area contributed by atoms with Gasteiger partial charge in [0.1, 0.15) is 17.3 Å². The van der Waals surface area contributed by atoms with Gasteiger partial charge in [-0.2, -0.15) is 0 Å². The van der Waals surface area contributed by atoms with Crippen LogP contribution in [0, 0.1) is 0 Å². The minimum Gasteiger partial charge on any atom is -0.507 e. The molecule has 0 radical (unpaired) electrons. The number of hydrogen-bond donors (Lipinski definition) is 2. The van der Waals surface area contributed by atoms with Crippen LogP contribution in [0.4, 0.5) is 0 Å². The van der Waals surface area contributed by atoms with E-state index in [1.807, 2.05) is 0 Å². The summed E-state index contributed by atoms with van der Waals surface area (Å²) >= 11 is 0. The molecule has 2 aromatic carbocycles. The molecule has 8 heteroatoms. The van der Waals surface area contributed by atoms with Gasteiger partial charge in [-0.05, 0) is 54.8 Å². The summed E-state index contributed by atoms with van der Waals surface area (Å²) in [7, 11) is 3.07. The third-order valence-corrected chi connectivity index (χ3v) is 5.62. The first-order valence-corrected chi connectivity index (χ1v) is 10.7. The lowest BCUT2D eigenvalue weighted by Gasteiger charge is -2.25. The highest BCUT2D eigenvalue weighted by atomic mass is 16.5. The summed E-state index contributed by atoms with van der Waals surface area (Å²) in [6.45, 7) is 0.264. The Morgan fingerprint density at radius 1 is 0.879 bits per heavy atom. The van der Waals surface area contributed by atoms with Gasteiger partial charge in [0.25, 0.3) is 11.7 Å². The molecule has 174 valence electrons. The molecule has 2 N–H and O–H groups in total. The van der Waals surface area contributed by atoms with Gasteiger partial charge in [-0.25, -0.2) is 0 Å². The molecule has 8 nitrogen and oxygen atoms in total. The molecule has 1 unspecified atom stereocenters. The van der Waals surface area contributed by atoms with Crippen LogP contribution >= 0.6 is 0 Å². The summed E-state index contributed by atoms with van der Waals surface area (Å²) in [5, 5.41) is 19.9.